The minimum atomic E-state index is 0.460. The molecule has 1 unspecified atom stereocenters. The van der Waals surface area contributed by atoms with Crippen molar-refractivity contribution in [3.63, 3.8) is 0 Å². The molecule has 0 bridgehead atoms. The first-order valence-electron chi connectivity index (χ1n) is 5.89. The highest BCUT2D eigenvalue weighted by Gasteiger charge is 2.11. The van der Waals surface area contributed by atoms with Gasteiger partial charge in [-0.3, -0.25) is 4.90 Å². The predicted octanol–water partition coefficient (Wildman–Crippen LogP) is 4.20. The Morgan fingerprint density at radius 2 is 1.82 bits per heavy atom. The molecule has 0 spiro atoms. The van der Waals surface area contributed by atoms with Crippen LogP contribution in [0.25, 0.3) is 0 Å². The number of halogens is 2. The van der Waals surface area contributed by atoms with E-state index in [1.165, 1.54) is 12.8 Å². The van der Waals surface area contributed by atoms with Gasteiger partial charge >= 0.3 is 0 Å². The van der Waals surface area contributed by atoms with Gasteiger partial charge in [-0.2, -0.15) is 0 Å². The number of rotatable bonds is 5. The van der Waals surface area contributed by atoms with E-state index in [2.05, 4.69) is 25.8 Å². The lowest BCUT2D eigenvalue weighted by Gasteiger charge is -2.24. The first-order valence-corrected chi connectivity index (χ1v) is 6.65. The van der Waals surface area contributed by atoms with Crippen LogP contribution < -0.4 is 5.73 Å². The standard InChI is InChI=1S/C13H20Cl2N2/c1-4-5-9(2)17(3)8-10-6-11(14)13(16)12(15)7-10/h6-7,9H,4-5,8,16H2,1-3H3. The van der Waals surface area contributed by atoms with Crippen molar-refractivity contribution in [2.45, 2.75) is 39.3 Å². The van der Waals surface area contributed by atoms with Gasteiger partial charge in [0.15, 0.2) is 0 Å². The first-order chi connectivity index (χ1) is 7.95. The summed E-state index contributed by atoms with van der Waals surface area (Å²) in [5, 5.41) is 1.06. The van der Waals surface area contributed by atoms with Crippen LogP contribution in [-0.4, -0.2) is 18.0 Å². The molecular weight excluding hydrogens is 255 g/mol. The number of benzene rings is 1. The largest absolute Gasteiger partial charge is 0.396 e. The van der Waals surface area contributed by atoms with Crippen molar-refractivity contribution in [3.8, 4) is 0 Å². The second-order valence-electron chi connectivity index (χ2n) is 4.53. The summed E-state index contributed by atoms with van der Waals surface area (Å²) >= 11 is 12.0. The van der Waals surface area contributed by atoms with Crippen LogP contribution in [0.5, 0.6) is 0 Å². The van der Waals surface area contributed by atoms with Gasteiger partial charge in [0.05, 0.1) is 15.7 Å². The van der Waals surface area contributed by atoms with Crippen LogP contribution in [0.4, 0.5) is 5.69 Å². The first kappa shape index (κ1) is 14.6. The van der Waals surface area contributed by atoms with E-state index >= 15 is 0 Å². The summed E-state index contributed by atoms with van der Waals surface area (Å²) in [7, 11) is 2.11. The van der Waals surface area contributed by atoms with Gasteiger partial charge in [0.25, 0.3) is 0 Å². The number of hydrogen-bond acceptors (Lipinski definition) is 2. The van der Waals surface area contributed by atoms with E-state index in [1.54, 1.807) is 0 Å². The number of nitrogens with two attached hydrogens (primary N) is 1. The topological polar surface area (TPSA) is 29.3 Å². The molecule has 0 radical (unpaired) electrons. The predicted molar refractivity (Wildman–Crippen MR) is 76.7 cm³/mol. The summed E-state index contributed by atoms with van der Waals surface area (Å²) in [4.78, 5) is 2.29. The van der Waals surface area contributed by atoms with Crippen LogP contribution >= 0.6 is 23.2 Å². The molecule has 1 aromatic carbocycles. The van der Waals surface area contributed by atoms with E-state index in [-0.39, 0.29) is 0 Å². The van der Waals surface area contributed by atoms with Gasteiger partial charge in [-0.1, -0.05) is 36.5 Å². The molecule has 0 heterocycles. The second-order valence-corrected chi connectivity index (χ2v) is 5.34. The Kier molecular flexibility index (Phi) is 5.57. The fourth-order valence-electron chi connectivity index (χ4n) is 1.81. The Morgan fingerprint density at radius 1 is 1.29 bits per heavy atom. The molecule has 0 aromatic heterocycles. The molecule has 0 saturated heterocycles. The van der Waals surface area contributed by atoms with Crippen molar-refractivity contribution in [3.05, 3.63) is 27.7 Å². The summed E-state index contributed by atoms with van der Waals surface area (Å²) in [5.41, 5.74) is 7.27. The van der Waals surface area contributed by atoms with Crippen LogP contribution in [0.1, 0.15) is 32.3 Å². The number of anilines is 1. The van der Waals surface area contributed by atoms with E-state index in [0.29, 0.717) is 21.8 Å². The van der Waals surface area contributed by atoms with Gasteiger partial charge in [-0.15, -0.1) is 0 Å². The zero-order chi connectivity index (χ0) is 13.0. The Hall–Kier alpha value is -0.440. The third-order valence-corrected chi connectivity index (χ3v) is 3.66. The molecule has 0 aliphatic carbocycles. The summed E-state index contributed by atoms with van der Waals surface area (Å²) < 4.78 is 0. The van der Waals surface area contributed by atoms with Crippen molar-refractivity contribution in [1.82, 2.24) is 4.90 Å². The zero-order valence-corrected chi connectivity index (χ0v) is 12.1. The van der Waals surface area contributed by atoms with E-state index in [0.717, 1.165) is 12.1 Å². The maximum atomic E-state index is 6.02. The van der Waals surface area contributed by atoms with E-state index in [9.17, 15) is 0 Å². The molecule has 1 aromatic rings. The fourth-order valence-corrected chi connectivity index (χ4v) is 2.34. The molecule has 0 amide bonds. The lowest BCUT2D eigenvalue weighted by molar-refractivity contribution is 0.237. The zero-order valence-electron chi connectivity index (χ0n) is 10.6. The highest BCUT2D eigenvalue weighted by atomic mass is 35.5. The van der Waals surface area contributed by atoms with Gasteiger partial charge in [-0.05, 0) is 38.1 Å². The Labute approximate surface area is 114 Å². The Bertz CT molecular complexity index is 357. The molecule has 0 saturated carbocycles. The Balaban J connectivity index is 2.75. The SMILES string of the molecule is CCCC(C)N(C)Cc1cc(Cl)c(N)c(Cl)c1. The number of hydrogen-bond donors (Lipinski definition) is 1. The molecular formula is C13H20Cl2N2. The monoisotopic (exact) mass is 274 g/mol. The maximum Gasteiger partial charge on any atom is 0.0693 e. The minimum absolute atomic E-state index is 0.460. The quantitative estimate of drug-likeness (QED) is 0.816. The summed E-state index contributed by atoms with van der Waals surface area (Å²) in [6, 6.07) is 4.32. The van der Waals surface area contributed by atoms with E-state index in [4.69, 9.17) is 28.9 Å². The highest BCUT2D eigenvalue weighted by molar-refractivity contribution is 6.38. The average Bonchev–Trinajstić information content (AvgIpc) is 2.26. The van der Waals surface area contributed by atoms with Crippen LogP contribution in [0.15, 0.2) is 12.1 Å². The maximum absolute atomic E-state index is 6.02. The van der Waals surface area contributed by atoms with Crippen LogP contribution in [0.2, 0.25) is 10.0 Å². The molecule has 0 aliphatic rings. The van der Waals surface area contributed by atoms with Crippen LogP contribution in [-0.2, 0) is 6.54 Å². The van der Waals surface area contributed by atoms with E-state index in [1.807, 2.05) is 12.1 Å². The smallest absolute Gasteiger partial charge is 0.0693 e. The van der Waals surface area contributed by atoms with Crippen LogP contribution in [0.3, 0.4) is 0 Å². The van der Waals surface area contributed by atoms with Gasteiger partial charge in [0, 0.05) is 12.6 Å². The van der Waals surface area contributed by atoms with Gasteiger partial charge in [-0.25, -0.2) is 0 Å². The third kappa shape index (κ3) is 4.06. The number of nitrogens with zero attached hydrogens (tertiary/aromatic N) is 1. The molecule has 2 N–H and O–H groups in total. The van der Waals surface area contributed by atoms with Crippen molar-refractivity contribution < 1.29 is 0 Å². The number of nitrogen functional groups attached to an aromatic ring is 1. The normalized spacial score (nSPS) is 13.1. The molecule has 0 aliphatic heterocycles. The van der Waals surface area contributed by atoms with E-state index < -0.39 is 0 Å². The summed E-state index contributed by atoms with van der Waals surface area (Å²) in [5.74, 6) is 0. The van der Waals surface area contributed by atoms with Crippen molar-refractivity contribution >= 4 is 28.9 Å². The fraction of sp³-hybridized carbons (Fsp3) is 0.538. The molecule has 1 rings (SSSR count). The van der Waals surface area contributed by atoms with Crippen molar-refractivity contribution in [1.29, 1.82) is 0 Å². The summed E-state index contributed by atoms with van der Waals surface area (Å²) in [6.07, 6.45) is 2.38. The lowest BCUT2D eigenvalue weighted by atomic mass is 10.1. The van der Waals surface area contributed by atoms with Gasteiger partial charge < -0.3 is 5.73 Å². The second kappa shape index (κ2) is 6.48. The molecule has 0 fully saturated rings. The molecule has 96 valence electrons. The summed E-state index contributed by atoms with van der Waals surface area (Å²) in [6.45, 7) is 5.26. The van der Waals surface area contributed by atoms with Crippen LogP contribution in [0, 0.1) is 0 Å². The molecule has 17 heavy (non-hydrogen) atoms. The average molecular weight is 275 g/mol. The molecule has 2 nitrogen and oxygen atoms in total. The van der Waals surface area contributed by atoms with Gasteiger partial charge in [0.1, 0.15) is 0 Å². The lowest BCUT2D eigenvalue weighted by Crippen LogP contribution is -2.28. The minimum Gasteiger partial charge on any atom is -0.396 e. The highest BCUT2D eigenvalue weighted by Crippen LogP contribution is 2.29. The van der Waals surface area contributed by atoms with Gasteiger partial charge in [0.2, 0.25) is 0 Å². The van der Waals surface area contributed by atoms with Crippen molar-refractivity contribution in [2.75, 3.05) is 12.8 Å². The molecule has 1 atom stereocenters. The Morgan fingerprint density at radius 3 is 2.29 bits per heavy atom. The third-order valence-electron chi connectivity index (χ3n) is 3.03. The molecule has 4 heteroatoms. The van der Waals surface area contributed by atoms with Crippen molar-refractivity contribution in [2.24, 2.45) is 0 Å².